The molecule has 0 bridgehead atoms. The quantitative estimate of drug-likeness (QED) is 0.843. The molecule has 1 aromatic rings. The fourth-order valence-electron chi connectivity index (χ4n) is 2.90. The van der Waals surface area contributed by atoms with Gasteiger partial charge in [-0.2, -0.15) is 0 Å². The summed E-state index contributed by atoms with van der Waals surface area (Å²) < 4.78 is 5.45. The average Bonchev–Trinajstić information content (AvgIpc) is 2.55. The van der Waals surface area contributed by atoms with Crippen molar-refractivity contribution in [2.75, 3.05) is 40.9 Å². The van der Waals surface area contributed by atoms with Crippen molar-refractivity contribution in [3.63, 3.8) is 0 Å². The van der Waals surface area contributed by atoms with Gasteiger partial charge in [-0.15, -0.1) is 0 Å². The van der Waals surface area contributed by atoms with Crippen LogP contribution < -0.4 is 0 Å². The van der Waals surface area contributed by atoms with E-state index in [9.17, 15) is 9.59 Å². The molecule has 1 aliphatic heterocycles. The summed E-state index contributed by atoms with van der Waals surface area (Å²) in [5.74, 6) is -0.141. The molecule has 6 heteroatoms. The van der Waals surface area contributed by atoms with Crippen molar-refractivity contribution in [3.8, 4) is 0 Å². The lowest BCUT2D eigenvalue weighted by Gasteiger charge is -2.39. The van der Waals surface area contributed by atoms with Crippen molar-refractivity contribution < 1.29 is 14.3 Å². The maximum atomic E-state index is 13.1. The monoisotopic (exact) mass is 338 g/mol. The molecule has 126 valence electrons. The Bertz CT molecular complexity index is 566. The van der Waals surface area contributed by atoms with Crippen LogP contribution in [0.4, 0.5) is 0 Å². The van der Waals surface area contributed by atoms with Gasteiger partial charge in [0.25, 0.3) is 0 Å². The Morgan fingerprint density at radius 2 is 1.70 bits per heavy atom. The topological polar surface area (TPSA) is 49.9 Å². The molecule has 2 rings (SSSR count). The minimum absolute atomic E-state index is 0.0432. The van der Waals surface area contributed by atoms with E-state index in [1.807, 2.05) is 12.1 Å². The molecule has 5 nitrogen and oxygen atoms in total. The van der Waals surface area contributed by atoms with E-state index in [1.165, 1.54) is 9.80 Å². The van der Waals surface area contributed by atoms with Crippen LogP contribution in [-0.4, -0.2) is 62.5 Å². The van der Waals surface area contributed by atoms with Crippen LogP contribution in [0.1, 0.15) is 18.4 Å². The lowest BCUT2D eigenvalue weighted by Crippen LogP contribution is -2.50. The van der Waals surface area contributed by atoms with Gasteiger partial charge in [0.2, 0.25) is 11.8 Å². The maximum absolute atomic E-state index is 13.1. The molecule has 1 saturated heterocycles. The summed E-state index contributed by atoms with van der Waals surface area (Å²) in [6.45, 7) is 1.13. The van der Waals surface area contributed by atoms with E-state index in [-0.39, 0.29) is 18.4 Å². The maximum Gasteiger partial charge on any atom is 0.241 e. The number of carbonyl (C=O) groups excluding carboxylic acids is 2. The molecule has 0 aromatic heterocycles. The predicted octanol–water partition coefficient (Wildman–Crippen LogP) is 1.93. The Labute approximate surface area is 142 Å². The zero-order chi connectivity index (χ0) is 17.0. The highest BCUT2D eigenvalue weighted by atomic mass is 35.5. The Kier molecular flexibility index (Phi) is 5.65. The van der Waals surface area contributed by atoms with Crippen LogP contribution in [0.2, 0.25) is 5.02 Å². The normalized spacial score (nSPS) is 16.7. The summed E-state index contributed by atoms with van der Waals surface area (Å²) in [7, 11) is 5.05. The third kappa shape index (κ3) is 3.85. The van der Waals surface area contributed by atoms with Gasteiger partial charge >= 0.3 is 0 Å². The molecule has 1 aromatic carbocycles. The number of benzene rings is 1. The summed E-state index contributed by atoms with van der Waals surface area (Å²) in [5, 5.41) is 0.638. The lowest BCUT2D eigenvalue weighted by molar-refractivity contribution is -0.144. The van der Waals surface area contributed by atoms with Gasteiger partial charge in [0.1, 0.15) is 0 Å². The number of nitrogens with zero attached hydrogens (tertiary/aromatic N) is 2. The summed E-state index contributed by atoms with van der Waals surface area (Å²) in [4.78, 5) is 28.1. The zero-order valence-electron chi connectivity index (χ0n) is 13.8. The third-order valence-corrected chi connectivity index (χ3v) is 4.62. The summed E-state index contributed by atoms with van der Waals surface area (Å²) in [5.41, 5.74) is 0.281. The Balaban J connectivity index is 2.28. The largest absolute Gasteiger partial charge is 0.381 e. The standard InChI is InChI=1S/C17H23ClN2O3/c1-19(2)15(21)12-20(3)16(22)17(8-10-23-11-9-17)13-4-6-14(18)7-5-13/h4-7H,8-12H2,1-3H3. The van der Waals surface area contributed by atoms with Gasteiger partial charge < -0.3 is 14.5 Å². The smallest absolute Gasteiger partial charge is 0.241 e. The van der Waals surface area contributed by atoms with E-state index < -0.39 is 5.41 Å². The third-order valence-electron chi connectivity index (χ3n) is 4.37. The molecule has 0 unspecified atom stereocenters. The molecule has 0 spiro atoms. The van der Waals surface area contributed by atoms with Crippen molar-refractivity contribution in [1.82, 2.24) is 9.80 Å². The van der Waals surface area contributed by atoms with Crippen molar-refractivity contribution in [3.05, 3.63) is 34.9 Å². The van der Waals surface area contributed by atoms with Gasteiger partial charge in [-0.3, -0.25) is 9.59 Å². The molecule has 1 aliphatic rings. The number of rotatable bonds is 4. The number of hydrogen-bond donors (Lipinski definition) is 0. The molecule has 0 saturated carbocycles. The summed E-state index contributed by atoms with van der Waals surface area (Å²) in [6.07, 6.45) is 1.21. The summed E-state index contributed by atoms with van der Waals surface area (Å²) in [6, 6.07) is 7.39. The highest BCUT2D eigenvalue weighted by Crippen LogP contribution is 2.37. The summed E-state index contributed by atoms with van der Waals surface area (Å²) >= 11 is 5.97. The Hall–Kier alpha value is -1.59. The van der Waals surface area contributed by atoms with E-state index in [0.717, 1.165) is 5.56 Å². The second-order valence-electron chi connectivity index (χ2n) is 6.15. The molecular formula is C17H23ClN2O3. The van der Waals surface area contributed by atoms with E-state index in [1.54, 1.807) is 33.3 Å². The molecule has 0 aliphatic carbocycles. The van der Waals surface area contributed by atoms with E-state index in [2.05, 4.69) is 0 Å². The molecule has 1 heterocycles. The van der Waals surface area contributed by atoms with Gasteiger partial charge in [0.05, 0.1) is 12.0 Å². The number of halogens is 1. The van der Waals surface area contributed by atoms with Crippen LogP contribution in [0.3, 0.4) is 0 Å². The minimum atomic E-state index is -0.649. The van der Waals surface area contributed by atoms with Crippen LogP contribution in [0.15, 0.2) is 24.3 Å². The number of amides is 2. The molecule has 0 radical (unpaired) electrons. The van der Waals surface area contributed by atoms with Crippen LogP contribution >= 0.6 is 11.6 Å². The highest BCUT2D eigenvalue weighted by molar-refractivity contribution is 6.30. The first-order chi connectivity index (χ1) is 10.9. The minimum Gasteiger partial charge on any atom is -0.381 e. The lowest BCUT2D eigenvalue weighted by atomic mass is 9.73. The molecule has 0 atom stereocenters. The van der Waals surface area contributed by atoms with Crippen molar-refractivity contribution in [2.24, 2.45) is 0 Å². The van der Waals surface area contributed by atoms with Gasteiger partial charge in [-0.05, 0) is 30.5 Å². The van der Waals surface area contributed by atoms with Gasteiger partial charge in [-0.25, -0.2) is 0 Å². The van der Waals surface area contributed by atoms with Gasteiger partial charge in [0.15, 0.2) is 0 Å². The van der Waals surface area contributed by atoms with Crippen LogP contribution in [0, 0.1) is 0 Å². The fraction of sp³-hybridized carbons (Fsp3) is 0.529. The van der Waals surface area contributed by atoms with Crippen LogP contribution in [-0.2, 0) is 19.7 Å². The SMILES string of the molecule is CN(C)C(=O)CN(C)C(=O)C1(c2ccc(Cl)cc2)CCOCC1. The Morgan fingerprint density at radius 1 is 1.13 bits per heavy atom. The Morgan fingerprint density at radius 3 is 2.22 bits per heavy atom. The highest BCUT2D eigenvalue weighted by Gasteiger charge is 2.43. The fourth-order valence-corrected chi connectivity index (χ4v) is 3.02. The van der Waals surface area contributed by atoms with Crippen LogP contribution in [0.5, 0.6) is 0 Å². The van der Waals surface area contributed by atoms with Crippen molar-refractivity contribution in [1.29, 1.82) is 0 Å². The number of ether oxygens (including phenoxy) is 1. The molecule has 1 fully saturated rings. The second-order valence-corrected chi connectivity index (χ2v) is 6.59. The average molecular weight is 339 g/mol. The van der Waals surface area contributed by atoms with Gasteiger partial charge in [-0.1, -0.05) is 23.7 Å². The van der Waals surface area contributed by atoms with E-state index in [0.29, 0.717) is 31.1 Å². The molecule has 2 amide bonds. The predicted molar refractivity (Wildman–Crippen MR) is 89.5 cm³/mol. The van der Waals surface area contributed by atoms with Gasteiger partial charge in [0, 0.05) is 39.4 Å². The molecule has 0 N–H and O–H groups in total. The first kappa shape index (κ1) is 17.8. The molecular weight excluding hydrogens is 316 g/mol. The van der Waals surface area contributed by atoms with Crippen LogP contribution in [0.25, 0.3) is 0 Å². The number of carbonyl (C=O) groups is 2. The second kappa shape index (κ2) is 7.32. The van der Waals surface area contributed by atoms with Crippen molar-refractivity contribution in [2.45, 2.75) is 18.3 Å². The number of hydrogen-bond acceptors (Lipinski definition) is 3. The first-order valence-electron chi connectivity index (χ1n) is 7.66. The molecule has 23 heavy (non-hydrogen) atoms. The number of likely N-dealkylation sites (N-methyl/N-ethyl adjacent to an activating group) is 2. The van der Waals surface area contributed by atoms with Crippen molar-refractivity contribution >= 4 is 23.4 Å². The zero-order valence-corrected chi connectivity index (χ0v) is 14.6. The first-order valence-corrected chi connectivity index (χ1v) is 8.04. The van der Waals surface area contributed by atoms with E-state index >= 15 is 0 Å². The van der Waals surface area contributed by atoms with E-state index in [4.69, 9.17) is 16.3 Å².